The van der Waals surface area contributed by atoms with E-state index in [9.17, 15) is 5.11 Å². The van der Waals surface area contributed by atoms with Crippen molar-refractivity contribution in [2.45, 2.75) is 45.6 Å². The predicted octanol–water partition coefficient (Wildman–Crippen LogP) is 2.19. The fourth-order valence-corrected chi connectivity index (χ4v) is 1.92. The normalized spacial score (nSPS) is 37.5. The van der Waals surface area contributed by atoms with Crippen molar-refractivity contribution in [3.05, 3.63) is 0 Å². The molecule has 0 heterocycles. The van der Waals surface area contributed by atoms with Gasteiger partial charge in [0.15, 0.2) is 0 Å². The van der Waals surface area contributed by atoms with E-state index < -0.39 is 0 Å². The largest absolute Gasteiger partial charge is 0.393 e. The highest BCUT2D eigenvalue weighted by Crippen LogP contribution is 2.30. The zero-order chi connectivity index (χ0) is 7.56. The maximum Gasteiger partial charge on any atom is 0.0540 e. The zero-order valence-corrected chi connectivity index (χ0v) is 7.01. The highest BCUT2D eigenvalue weighted by molar-refractivity contribution is 4.73. The molecule has 3 atom stereocenters. The van der Waals surface area contributed by atoms with E-state index in [1.54, 1.807) is 0 Å². The van der Waals surface area contributed by atoms with E-state index in [0.29, 0.717) is 5.92 Å². The van der Waals surface area contributed by atoms with Crippen LogP contribution in [0.15, 0.2) is 0 Å². The summed E-state index contributed by atoms with van der Waals surface area (Å²) < 4.78 is 0. The average Bonchev–Trinajstić information content (AvgIpc) is 1.88. The Hall–Kier alpha value is -0.0400. The molecule has 1 N–H and O–H groups in total. The van der Waals surface area contributed by atoms with Crippen molar-refractivity contribution in [2.24, 2.45) is 11.8 Å². The van der Waals surface area contributed by atoms with Crippen LogP contribution in [0.25, 0.3) is 0 Å². The minimum atomic E-state index is -0.0808. The molecule has 1 fully saturated rings. The molecule has 1 aliphatic rings. The molecule has 0 radical (unpaired) electrons. The molecule has 0 aromatic rings. The van der Waals surface area contributed by atoms with Crippen molar-refractivity contribution in [2.75, 3.05) is 0 Å². The molecule has 0 bridgehead atoms. The molecule has 60 valence electrons. The summed E-state index contributed by atoms with van der Waals surface area (Å²) in [5.74, 6) is 1.43. The van der Waals surface area contributed by atoms with E-state index in [2.05, 4.69) is 6.92 Å². The minimum absolute atomic E-state index is 0.0808. The Kier molecular flexibility index (Phi) is 2.72. The summed E-state index contributed by atoms with van der Waals surface area (Å²) in [6.45, 7) is 4.21. The molecule has 1 saturated carbocycles. The van der Waals surface area contributed by atoms with Gasteiger partial charge in [-0.1, -0.05) is 19.8 Å². The molecule has 0 aromatic carbocycles. The van der Waals surface area contributed by atoms with E-state index in [1.165, 1.54) is 25.7 Å². The summed E-state index contributed by atoms with van der Waals surface area (Å²) in [6.07, 6.45) is 5.07. The summed E-state index contributed by atoms with van der Waals surface area (Å²) in [5.41, 5.74) is 0. The third-order valence-electron chi connectivity index (χ3n) is 2.66. The number of hydrogen-bond acceptors (Lipinski definition) is 1. The van der Waals surface area contributed by atoms with Crippen LogP contribution < -0.4 is 0 Å². The maximum atomic E-state index is 9.29. The zero-order valence-electron chi connectivity index (χ0n) is 7.01. The van der Waals surface area contributed by atoms with Gasteiger partial charge in [0.25, 0.3) is 0 Å². The Morgan fingerprint density at radius 3 is 2.50 bits per heavy atom. The Morgan fingerprint density at radius 2 is 2.10 bits per heavy atom. The molecule has 1 aliphatic carbocycles. The van der Waals surface area contributed by atoms with Gasteiger partial charge in [0.1, 0.15) is 0 Å². The van der Waals surface area contributed by atoms with Crippen LogP contribution in [0.2, 0.25) is 0 Å². The van der Waals surface area contributed by atoms with Gasteiger partial charge in [-0.15, -0.1) is 0 Å². The SMILES string of the molecule is CC1CCCC(C(C)O)C1. The van der Waals surface area contributed by atoms with Crippen LogP contribution in [0.1, 0.15) is 39.5 Å². The fraction of sp³-hybridized carbons (Fsp3) is 1.00. The second-order valence-corrected chi connectivity index (χ2v) is 3.77. The second kappa shape index (κ2) is 3.38. The molecule has 3 unspecified atom stereocenters. The van der Waals surface area contributed by atoms with Gasteiger partial charge in [-0.2, -0.15) is 0 Å². The van der Waals surface area contributed by atoms with Crippen LogP contribution in [0, 0.1) is 11.8 Å². The lowest BCUT2D eigenvalue weighted by Crippen LogP contribution is -2.23. The third-order valence-corrected chi connectivity index (χ3v) is 2.66. The Labute approximate surface area is 63.4 Å². The number of hydrogen-bond donors (Lipinski definition) is 1. The van der Waals surface area contributed by atoms with Gasteiger partial charge >= 0.3 is 0 Å². The standard InChI is InChI=1S/C9H18O/c1-7-4-3-5-9(6-7)8(2)10/h7-10H,3-6H2,1-2H3. The van der Waals surface area contributed by atoms with Crippen LogP contribution in [0.4, 0.5) is 0 Å². The summed E-state index contributed by atoms with van der Waals surface area (Å²) >= 11 is 0. The first kappa shape index (κ1) is 8.06. The molecule has 0 aliphatic heterocycles. The van der Waals surface area contributed by atoms with Crippen LogP contribution in [-0.4, -0.2) is 11.2 Å². The molecule has 0 aromatic heterocycles. The topological polar surface area (TPSA) is 20.2 Å². The predicted molar refractivity (Wildman–Crippen MR) is 42.8 cm³/mol. The lowest BCUT2D eigenvalue weighted by Gasteiger charge is -2.28. The van der Waals surface area contributed by atoms with E-state index in [-0.39, 0.29) is 6.10 Å². The van der Waals surface area contributed by atoms with Crippen LogP contribution in [0.5, 0.6) is 0 Å². The van der Waals surface area contributed by atoms with Gasteiger partial charge in [-0.3, -0.25) is 0 Å². The highest BCUT2D eigenvalue weighted by atomic mass is 16.3. The highest BCUT2D eigenvalue weighted by Gasteiger charge is 2.21. The Balaban J connectivity index is 2.32. The fourth-order valence-electron chi connectivity index (χ4n) is 1.92. The molecule has 0 amide bonds. The molecule has 0 spiro atoms. The molecule has 0 saturated heterocycles. The van der Waals surface area contributed by atoms with Crippen molar-refractivity contribution in [1.29, 1.82) is 0 Å². The quantitative estimate of drug-likeness (QED) is 0.595. The molecular weight excluding hydrogens is 124 g/mol. The van der Waals surface area contributed by atoms with Crippen LogP contribution in [0.3, 0.4) is 0 Å². The number of rotatable bonds is 1. The van der Waals surface area contributed by atoms with Gasteiger partial charge in [0.2, 0.25) is 0 Å². The maximum absolute atomic E-state index is 9.29. The van der Waals surface area contributed by atoms with Gasteiger partial charge in [-0.25, -0.2) is 0 Å². The minimum Gasteiger partial charge on any atom is -0.393 e. The van der Waals surface area contributed by atoms with Crippen LogP contribution >= 0.6 is 0 Å². The summed E-state index contributed by atoms with van der Waals surface area (Å²) in [5, 5.41) is 9.29. The molecule has 1 heteroatoms. The number of aliphatic hydroxyl groups excluding tert-OH is 1. The summed E-state index contributed by atoms with van der Waals surface area (Å²) in [4.78, 5) is 0. The summed E-state index contributed by atoms with van der Waals surface area (Å²) in [7, 11) is 0. The second-order valence-electron chi connectivity index (χ2n) is 3.77. The lowest BCUT2D eigenvalue weighted by molar-refractivity contribution is 0.0866. The van der Waals surface area contributed by atoms with Gasteiger partial charge in [-0.05, 0) is 31.6 Å². The first-order valence-electron chi connectivity index (χ1n) is 4.38. The third kappa shape index (κ3) is 1.98. The molecule has 1 nitrogen and oxygen atoms in total. The van der Waals surface area contributed by atoms with E-state index in [1.807, 2.05) is 6.92 Å². The van der Waals surface area contributed by atoms with Crippen molar-refractivity contribution >= 4 is 0 Å². The van der Waals surface area contributed by atoms with Crippen molar-refractivity contribution < 1.29 is 5.11 Å². The first-order chi connectivity index (χ1) is 4.70. The summed E-state index contributed by atoms with van der Waals surface area (Å²) in [6, 6.07) is 0. The van der Waals surface area contributed by atoms with Gasteiger partial charge < -0.3 is 5.11 Å². The Bertz CT molecular complexity index is 98.9. The smallest absolute Gasteiger partial charge is 0.0540 e. The van der Waals surface area contributed by atoms with E-state index in [0.717, 1.165) is 5.92 Å². The molecule has 10 heavy (non-hydrogen) atoms. The molecule has 1 rings (SSSR count). The first-order valence-corrected chi connectivity index (χ1v) is 4.38. The monoisotopic (exact) mass is 142 g/mol. The van der Waals surface area contributed by atoms with Crippen molar-refractivity contribution in [3.8, 4) is 0 Å². The Morgan fingerprint density at radius 1 is 1.40 bits per heavy atom. The van der Waals surface area contributed by atoms with Crippen molar-refractivity contribution in [3.63, 3.8) is 0 Å². The van der Waals surface area contributed by atoms with Crippen LogP contribution in [-0.2, 0) is 0 Å². The molecular formula is C9H18O. The average molecular weight is 142 g/mol. The van der Waals surface area contributed by atoms with E-state index >= 15 is 0 Å². The lowest BCUT2D eigenvalue weighted by atomic mass is 9.80. The van der Waals surface area contributed by atoms with Gasteiger partial charge in [0.05, 0.1) is 6.10 Å². The van der Waals surface area contributed by atoms with Crippen molar-refractivity contribution in [1.82, 2.24) is 0 Å². The van der Waals surface area contributed by atoms with E-state index in [4.69, 9.17) is 0 Å². The number of aliphatic hydroxyl groups is 1. The van der Waals surface area contributed by atoms with Gasteiger partial charge in [0, 0.05) is 0 Å².